The van der Waals surface area contributed by atoms with Gasteiger partial charge in [-0.25, -0.2) is 8.42 Å². The highest BCUT2D eigenvalue weighted by Crippen LogP contribution is 2.10. The number of aliphatic imine (C=N–C) groups is 1. The van der Waals surface area contributed by atoms with Crippen LogP contribution in [0.5, 0.6) is 0 Å². The summed E-state index contributed by atoms with van der Waals surface area (Å²) >= 11 is 0. The van der Waals surface area contributed by atoms with Crippen molar-refractivity contribution in [1.29, 1.82) is 0 Å². The number of aliphatic hydroxyl groups is 1. The van der Waals surface area contributed by atoms with E-state index in [2.05, 4.69) is 20.5 Å². The smallest absolute Gasteiger partial charge is 0.191 e. The molecule has 10 heteroatoms. The Hall–Kier alpha value is -0.950. The van der Waals surface area contributed by atoms with Gasteiger partial charge < -0.3 is 20.5 Å². The minimum absolute atomic E-state index is 0. The van der Waals surface area contributed by atoms with E-state index in [0.717, 1.165) is 13.1 Å². The van der Waals surface area contributed by atoms with Crippen LogP contribution >= 0.6 is 24.0 Å². The highest BCUT2D eigenvalue weighted by atomic mass is 127. The van der Waals surface area contributed by atoms with Crippen LogP contribution in [0.15, 0.2) is 40.2 Å². The summed E-state index contributed by atoms with van der Waals surface area (Å²) in [5.41, 5.74) is -0.976. The normalized spacial score (nSPS) is 17.8. The average molecular weight is 540 g/mol. The van der Waals surface area contributed by atoms with Gasteiger partial charge in [0.15, 0.2) is 15.8 Å². The van der Waals surface area contributed by atoms with E-state index in [-0.39, 0.29) is 42.8 Å². The van der Waals surface area contributed by atoms with Gasteiger partial charge in [-0.2, -0.15) is 0 Å². The third-order valence-corrected chi connectivity index (χ3v) is 6.09. The Morgan fingerprint density at radius 3 is 2.52 bits per heavy atom. The summed E-state index contributed by atoms with van der Waals surface area (Å²) in [5.74, 6) is 0.457. The molecule has 1 fully saturated rings. The quantitative estimate of drug-likeness (QED) is 0.241. The summed E-state index contributed by atoms with van der Waals surface area (Å²) in [7, 11) is -3.35. The van der Waals surface area contributed by atoms with Gasteiger partial charge in [0.2, 0.25) is 0 Å². The van der Waals surface area contributed by atoms with E-state index in [1.54, 1.807) is 37.3 Å². The summed E-state index contributed by atoms with van der Waals surface area (Å²) in [6, 6.07) is 8.40. The predicted molar refractivity (Wildman–Crippen MR) is 126 cm³/mol. The topological polar surface area (TPSA) is 103 Å². The molecule has 1 aliphatic rings. The monoisotopic (exact) mass is 540 g/mol. The van der Waals surface area contributed by atoms with Gasteiger partial charge in [0.25, 0.3) is 0 Å². The lowest BCUT2D eigenvalue weighted by molar-refractivity contribution is -0.0179. The molecule has 1 aromatic carbocycles. The van der Waals surface area contributed by atoms with Crippen molar-refractivity contribution in [1.82, 2.24) is 15.5 Å². The van der Waals surface area contributed by atoms with Crippen LogP contribution in [0.2, 0.25) is 0 Å². The molecule has 0 amide bonds. The first kappa shape index (κ1) is 26.1. The molecule has 1 heterocycles. The summed E-state index contributed by atoms with van der Waals surface area (Å²) in [6.45, 7) is 8.26. The molecular weight excluding hydrogens is 507 g/mol. The second-order valence-electron chi connectivity index (χ2n) is 7.14. The Morgan fingerprint density at radius 1 is 1.24 bits per heavy atom. The van der Waals surface area contributed by atoms with Crippen LogP contribution in [0, 0.1) is 0 Å². The molecule has 0 aromatic heterocycles. The van der Waals surface area contributed by atoms with Gasteiger partial charge in [-0.05, 0) is 26.0 Å². The minimum atomic E-state index is -3.35. The first-order chi connectivity index (χ1) is 13.3. The van der Waals surface area contributed by atoms with Gasteiger partial charge in [-0.15, -0.1) is 24.0 Å². The van der Waals surface area contributed by atoms with Crippen molar-refractivity contribution in [2.24, 2.45) is 4.99 Å². The molecule has 1 atom stereocenters. The number of halogens is 1. The molecule has 166 valence electrons. The third kappa shape index (κ3) is 9.60. The van der Waals surface area contributed by atoms with E-state index in [1.165, 1.54) is 0 Å². The lowest BCUT2D eigenvalue weighted by Gasteiger charge is -2.33. The average Bonchev–Trinajstić information content (AvgIpc) is 2.67. The van der Waals surface area contributed by atoms with Gasteiger partial charge in [0, 0.05) is 32.7 Å². The highest BCUT2D eigenvalue weighted by Gasteiger charge is 2.25. The van der Waals surface area contributed by atoms with Crippen molar-refractivity contribution in [3.8, 4) is 0 Å². The van der Waals surface area contributed by atoms with Crippen LogP contribution in [0.3, 0.4) is 0 Å². The van der Waals surface area contributed by atoms with Crippen LogP contribution in [0.4, 0.5) is 0 Å². The van der Waals surface area contributed by atoms with E-state index in [9.17, 15) is 13.5 Å². The minimum Gasteiger partial charge on any atom is -0.387 e. The summed E-state index contributed by atoms with van der Waals surface area (Å²) in [6.07, 6.45) is 0. The fourth-order valence-electron chi connectivity index (χ4n) is 2.93. The molecule has 0 radical (unpaired) electrons. The molecule has 8 nitrogen and oxygen atoms in total. The number of nitrogens with one attached hydrogen (secondary N) is 2. The van der Waals surface area contributed by atoms with Crippen LogP contribution in [0.25, 0.3) is 0 Å². The molecule has 1 aliphatic heterocycles. The van der Waals surface area contributed by atoms with Gasteiger partial charge in [0.05, 0.1) is 36.0 Å². The number of hydrogen-bond donors (Lipinski definition) is 3. The highest BCUT2D eigenvalue weighted by molar-refractivity contribution is 14.0. The number of hydrogen-bond acceptors (Lipinski definition) is 6. The molecule has 1 aromatic rings. The predicted octanol–water partition coefficient (Wildman–Crippen LogP) is 0.717. The van der Waals surface area contributed by atoms with Crippen molar-refractivity contribution in [2.45, 2.75) is 24.3 Å². The fourth-order valence-corrected chi connectivity index (χ4v) is 4.11. The number of benzene rings is 1. The van der Waals surface area contributed by atoms with Crippen molar-refractivity contribution in [3.63, 3.8) is 0 Å². The van der Waals surface area contributed by atoms with Crippen LogP contribution in [0.1, 0.15) is 13.8 Å². The molecule has 0 bridgehead atoms. The molecule has 3 N–H and O–H groups in total. The second-order valence-corrected chi connectivity index (χ2v) is 9.25. The van der Waals surface area contributed by atoms with E-state index in [1.807, 2.05) is 6.92 Å². The van der Waals surface area contributed by atoms with E-state index in [4.69, 9.17) is 4.74 Å². The molecule has 2 rings (SSSR count). The summed E-state index contributed by atoms with van der Waals surface area (Å²) in [4.78, 5) is 6.91. The zero-order valence-corrected chi connectivity index (χ0v) is 20.3. The number of ether oxygens (including phenoxy) is 1. The molecule has 1 unspecified atom stereocenters. The number of rotatable bonds is 9. The Balaban J connectivity index is 0.00000420. The fraction of sp³-hybridized carbons (Fsp3) is 0.632. The van der Waals surface area contributed by atoms with Crippen molar-refractivity contribution < 1.29 is 18.3 Å². The van der Waals surface area contributed by atoms with Crippen LogP contribution in [-0.4, -0.2) is 88.2 Å². The Bertz CT molecular complexity index is 723. The van der Waals surface area contributed by atoms with Crippen molar-refractivity contribution in [2.75, 3.05) is 58.2 Å². The maximum absolute atomic E-state index is 12.4. The lowest BCUT2D eigenvalue weighted by atomic mass is 10.1. The largest absolute Gasteiger partial charge is 0.387 e. The van der Waals surface area contributed by atoms with Crippen LogP contribution < -0.4 is 10.6 Å². The van der Waals surface area contributed by atoms with Gasteiger partial charge in [-0.3, -0.25) is 9.89 Å². The number of sulfone groups is 1. The van der Waals surface area contributed by atoms with Gasteiger partial charge in [-0.1, -0.05) is 18.2 Å². The van der Waals surface area contributed by atoms with E-state index >= 15 is 0 Å². The molecule has 1 saturated heterocycles. The maximum atomic E-state index is 12.4. The van der Waals surface area contributed by atoms with Gasteiger partial charge in [0.1, 0.15) is 0 Å². The van der Waals surface area contributed by atoms with Crippen molar-refractivity contribution >= 4 is 39.8 Å². The molecule has 0 spiro atoms. The first-order valence-corrected chi connectivity index (χ1v) is 11.3. The SMILES string of the molecule is CCNC(=NCC(C)(O)CN1CCOCC1)NCCS(=O)(=O)c1ccccc1.I. The Morgan fingerprint density at radius 2 is 1.90 bits per heavy atom. The van der Waals surface area contributed by atoms with Crippen LogP contribution in [-0.2, 0) is 14.6 Å². The summed E-state index contributed by atoms with van der Waals surface area (Å²) in [5, 5.41) is 16.8. The van der Waals surface area contributed by atoms with Gasteiger partial charge >= 0.3 is 0 Å². The molecule has 0 saturated carbocycles. The van der Waals surface area contributed by atoms with Crippen molar-refractivity contribution in [3.05, 3.63) is 30.3 Å². The standard InChI is InChI=1S/C19H32N4O4S.HI/c1-3-20-18(21-9-14-28(25,26)17-7-5-4-6-8-17)22-15-19(2,24)16-23-10-12-27-13-11-23;/h4-8,24H,3,9-16H2,1-2H3,(H2,20,21,22);1H. The lowest BCUT2D eigenvalue weighted by Crippen LogP contribution is -2.48. The maximum Gasteiger partial charge on any atom is 0.191 e. The number of morpholine rings is 1. The number of guanidine groups is 1. The second kappa shape index (κ2) is 12.7. The Kier molecular flexibility index (Phi) is 11.4. The number of nitrogens with zero attached hydrogens (tertiary/aromatic N) is 2. The molecule has 0 aliphatic carbocycles. The van der Waals surface area contributed by atoms with E-state index in [0.29, 0.717) is 37.2 Å². The third-order valence-electron chi connectivity index (χ3n) is 4.36. The molecule has 29 heavy (non-hydrogen) atoms. The number of β-amino-alcohol motifs (C(OH)–C–C–N with tert-alkyl or cyclic N) is 1. The summed E-state index contributed by atoms with van der Waals surface area (Å²) < 4.78 is 30.0. The zero-order chi connectivity index (χ0) is 20.5. The molecular formula is C19H33IN4O4S. The zero-order valence-electron chi connectivity index (χ0n) is 17.1. The van der Waals surface area contributed by atoms with E-state index < -0.39 is 15.4 Å². The first-order valence-electron chi connectivity index (χ1n) is 9.65. The Labute approximate surface area is 191 Å².